The Morgan fingerprint density at radius 2 is 1.73 bits per heavy atom. The number of nitrogens with one attached hydrogen (secondary N) is 3. The zero-order chi connectivity index (χ0) is 31.3. The lowest BCUT2D eigenvalue weighted by Crippen LogP contribution is -2.50. The van der Waals surface area contributed by atoms with Gasteiger partial charge < -0.3 is 20.3 Å². The zero-order valence-corrected chi connectivity index (χ0v) is 26.1. The van der Waals surface area contributed by atoms with Gasteiger partial charge in [0.05, 0.1) is 6.04 Å². The van der Waals surface area contributed by atoms with Crippen LogP contribution in [0.4, 0.5) is 14.9 Å². The third-order valence-electron chi connectivity index (χ3n) is 9.58. The van der Waals surface area contributed by atoms with Crippen LogP contribution in [0.2, 0.25) is 0 Å². The Morgan fingerprint density at radius 3 is 2.34 bits per heavy atom. The molecule has 1 aromatic carbocycles. The zero-order valence-electron chi connectivity index (χ0n) is 26.1. The second-order valence-electron chi connectivity index (χ2n) is 13.7. The molecule has 0 radical (unpaired) electrons. The first-order chi connectivity index (χ1) is 21.1. The Kier molecular flexibility index (Phi) is 10.2. The van der Waals surface area contributed by atoms with E-state index < -0.39 is 30.5 Å². The fourth-order valence-corrected chi connectivity index (χ4v) is 7.41. The van der Waals surface area contributed by atoms with E-state index in [1.807, 2.05) is 29.2 Å². The second kappa shape index (κ2) is 14.0. The molecule has 3 amide bonds. The molecule has 2 saturated carbocycles. The third kappa shape index (κ3) is 7.74. The monoisotopic (exact) mass is 611 g/mol. The second-order valence-corrected chi connectivity index (χ2v) is 13.7. The highest BCUT2D eigenvalue weighted by molar-refractivity contribution is 5.98. The number of tetrazole rings is 1. The van der Waals surface area contributed by atoms with Crippen LogP contribution < -0.4 is 10.6 Å². The van der Waals surface area contributed by atoms with E-state index in [4.69, 9.17) is 4.74 Å². The van der Waals surface area contributed by atoms with Gasteiger partial charge >= 0.3 is 6.09 Å². The number of benzene rings is 1. The van der Waals surface area contributed by atoms with E-state index in [2.05, 4.69) is 31.3 Å². The van der Waals surface area contributed by atoms with Crippen LogP contribution in [0.5, 0.6) is 0 Å². The Morgan fingerprint density at radius 1 is 1.02 bits per heavy atom. The smallest absolute Gasteiger partial charge is 0.407 e. The van der Waals surface area contributed by atoms with Crippen molar-refractivity contribution in [3.05, 3.63) is 24.3 Å². The molecule has 0 unspecified atom stereocenters. The van der Waals surface area contributed by atoms with Gasteiger partial charge in [0.2, 0.25) is 11.8 Å². The number of alkyl carbamates (subject to hydrolysis) is 1. The number of anilines is 1. The van der Waals surface area contributed by atoms with Crippen LogP contribution in [0.25, 0.3) is 11.4 Å². The maximum absolute atomic E-state index is 14.0. The summed E-state index contributed by atoms with van der Waals surface area (Å²) in [5.74, 6) is 0.687. The number of hydrogen-bond acceptors (Lipinski definition) is 7. The molecule has 3 aliphatic rings. The number of nitrogens with zero attached hydrogens (tertiary/aromatic N) is 4. The Bertz CT molecular complexity index is 1250. The number of amides is 3. The molecular weight excluding hydrogens is 565 g/mol. The number of aromatic amines is 1. The van der Waals surface area contributed by atoms with Gasteiger partial charge in [-0.15, -0.1) is 5.10 Å². The van der Waals surface area contributed by atoms with Crippen molar-refractivity contribution in [2.75, 3.05) is 18.5 Å². The van der Waals surface area contributed by atoms with Crippen LogP contribution in [0, 0.1) is 23.7 Å². The minimum absolute atomic E-state index is 0.0203. The summed E-state index contributed by atoms with van der Waals surface area (Å²) in [4.78, 5) is 42.0. The molecule has 3 N–H and O–H groups in total. The van der Waals surface area contributed by atoms with Crippen LogP contribution in [0.15, 0.2) is 24.3 Å². The Hall–Kier alpha value is -3.57. The van der Waals surface area contributed by atoms with Gasteiger partial charge in [-0.25, -0.2) is 14.3 Å². The summed E-state index contributed by atoms with van der Waals surface area (Å²) in [5, 5.41) is 19.7. The van der Waals surface area contributed by atoms with Crippen molar-refractivity contribution >= 4 is 23.6 Å². The number of aromatic nitrogens is 4. The van der Waals surface area contributed by atoms with Gasteiger partial charge in [0.15, 0.2) is 5.82 Å². The summed E-state index contributed by atoms with van der Waals surface area (Å²) in [5.41, 5.74) is 0.794. The molecule has 240 valence electrons. The molecule has 3 fully saturated rings. The maximum Gasteiger partial charge on any atom is 0.407 e. The van der Waals surface area contributed by atoms with Gasteiger partial charge in [-0.05, 0) is 105 Å². The molecule has 0 bridgehead atoms. The lowest BCUT2D eigenvalue weighted by atomic mass is 9.76. The van der Waals surface area contributed by atoms with Gasteiger partial charge in [0, 0.05) is 23.7 Å². The summed E-state index contributed by atoms with van der Waals surface area (Å²) in [7, 11) is 0. The third-order valence-corrected chi connectivity index (χ3v) is 9.58. The predicted octanol–water partition coefficient (Wildman–Crippen LogP) is 5.27. The van der Waals surface area contributed by atoms with Crippen LogP contribution in [0.1, 0.15) is 85.0 Å². The number of rotatable bonds is 8. The molecule has 1 saturated heterocycles. The molecule has 11 nitrogen and oxygen atoms in total. The lowest BCUT2D eigenvalue weighted by Gasteiger charge is -2.37. The van der Waals surface area contributed by atoms with Crippen LogP contribution in [0.3, 0.4) is 0 Å². The number of carbonyl (C=O) groups excluding carboxylic acids is 3. The fraction of sp³-hybridized carbons (Fsp3) is 0.688. The van der Waals surface area contributed by atoms with E-state index in [0.717, 1.165) is 24.8 Å². The highest BCUT2D eigenvalue weighted by atomic mass is 19.1. The summed E-state index contributed by atoms with van der Waals surface area (Å²) < 4.78 is 19.3. The van der Waals surface area contributed by atoms with E-state index in [9.17, 15) is 18.8 Å². The Labute approximate surface area is 258 Å². The van der Waals surface area contributed by atoms with Gasteiger partial charge in [0.1, 0.15) is 18.3 Å². The number of carbonyl (C=O) groups is 3. The summed E-state index contributed by atoms with van der Waals surface area (Å²) >= 11 is 0. The first-order valence-electron chi connectivity index (χ1n) is 16.1. The summed E-state index contributed by atoms with van der Waals surface area (Å²) in [6.07, 6.45) is 8.41. The molecule has 2 aliphatic carbocycles. The van der Waals surface area contributed by atoms with Gasteiger partial charge in [-0.2, -0.15) is 0 Å². The first kappa shape index (κ1) is 31.8. The number of hydrogen-bond donors (Lipinski definition) is 3. The molecule has 2 heterocycles. The highest BCUT2D eigenvalue weighted by Gasteiger charge is 2.47. The molecule has 44 heavy (non-hydrogen) atoms. The predicted molar refractivity (Wildman–Crippen MR) is 163 cm³/mol. The number of ether oxygens (including phenoxy) is 1. The maximum atomic E-state index is 14.0. The number of alkyl halides is 1. The van der Waals surface area contributed by atoms with E-state index in [1.54, 1.807) is 20.8 Å². The van der Waals surface area contributed by atoms with Crippen molar-refractivity contribution in [1.29, 1.82) is 0 Å². The van der Waals surface area contributed by atoms with Gasteiger partial charge in [-0.1, -0.05) is 32.1 Å². The van der Waals surface area contributed by atoms with E-state index in [-0.39, 0.29) is 29.6 Å². The highest BCUT2D eigenvalue weighted by Crippen LogP contribution is 2.41. The van der Waals surface area contributed by atoms with Crippen molar-refractivity contribution in [1.82, 2.24) is 30.8 Å². The molecule has 12 heteroatoms. The average Bonchev–Trinajstić information content (AvgIpc) is 3.71. The molecular formula is C32H46FN7O4. The lowest BCUT2D eigenvalue weighted by molar-refractivity contribution is -0.142. The molecule has 2 aromatic rings. The van der Waals surface area contributed by atoms with E-state index in [1.165, 1.54) is 19.3 Å². The molecule has 3 atom stereocenters. The first-order valence-corrected chi connectivity index (χ1v) is 16.1. The minimum Gasteiger partial charge on any atom is -0.444 e. The number of halogens is 1. The Balaban J connectivity index is 1.24. The van der Waals surface area contributed by atoms with Crippen molar-refractivity contribution in [2.24, 2.45) is 23.7 Å². The SMILES string of the molecule is CC(C)(C)OC(=O)N[C@H](CF)[C@H]1CC[C@H](C(=O)N2CC[C@@H](C3CCCCC3)[C@H]2C(=O)Nc2ccc(-c3nnn[nH]3)cc2)CC1. The van der Waals surface area contributed by atoms with Crippen LogP contribution in [-0.4, -0.2) is 74.3 Å². The summed E-state index contributed by atoms with van der Waals surface area (Å²) in [6, 6.07) is 6.16. The average molecular weight is 612 g/mol. The van der Waals surface area contributed by atoms with Crippen molar-refractivity contribution in [2.45, 2.75) is 103 Å². The van der Waals surface area contributed by atoms with Crippen molar-refractivity contribution in [3.63, 3.8) is 0 Å². The van der Waals surface area contributed by atoms with Crippen LogP contribution in [-0.2, 0) is 14.3 Å². The van der Waals surface area contributed by atoms with Crippen molar-refractivity contribution < 1.29 is 23.5 Å². The standard InChI is InChI=1S/C32H46FN7O4/c1-32(2,3)44-31(43)35-26(19-33)21-9-11-23(12-10-21)30(42)40-18-17-25(20-7-5-4-6-8-20)27(40)29(41)34-24-15-13-22(14-16-24)28-36-38-39-37-28/h13-16,20-21,23,25-27H,4-12,17-19H2,1-3H3,(H,34,41)(H,35,43)(H,36,37,38,39)/t21-,23-,25-,26+,27-/m0/s1. The fourth-order valence-electron chi connectivity index (χ4n) is 7.41. The van der Waals surface area contributed by atoms with E-state index >= 15 is 0 Å². The number of H-pyrrole nitrogens is 1. The molecule has 1 aliphatic heterocycles. The normalized spacial score (nSPS) is 25.3. The molecule has 1 aromatic heterocycles. The molecule has 5 rings (SSSR count). The topological polar surface area (TPSA) is 142 Å². The van der Waals surface area contributed by atoms with Crippen molar-refractivity contribution in [3.8, 4) is 11.4 Å². The van der Waals surface area contributed by atoms with Crippen LogP contribution >= 0.6 is 0 Å². The number of likely N-dealkylation sites (tertiary alicyclic amines) is 1. The van der Waals surface area contributed by atoms with Gasteiger partial charge in [-0.3, -0.25) is 9.59 Å². The summed E-state index contributed by atoms with van der Waals surface area (Å²) in [6.45, 7) is 5.20. The quantitative estimate of drug-likeness (QED) is 0.369. The molecule has 0 spiro atoms. The minimum atomic E-state index is -0.684. The largest absolute Gasteiger partial charge is 0.444 e. The van der Waals surface area contributed by atoms with E-state index in [0.29, 0.717) is 49.7 Å². The van der Waals surface area contributed by atoms with Gasteiger partial charge in [0.25, 0.3) is 0 Å².